The lowest BCUT2D eigenvalue weighted by Crippen LogP contribution is -2.42. The number of amides is 2. The standard InChI is InChI=1S/C21H18N6O5/c1-11(2)26-21(30)14-6-4-3-5-13(14)18(25-26)20(29)24-23-19(28)16-10-22-17-8-7-12(27(31)32)9-15(16)17/h3-11,22H,1-2H3,(H,23,28)(H,24,29). The first kappa shape index (κ1) is 20.7. The average molecular weight is 434 g/mol. The second kappa shape index (κ2) is 7.95. The molecule has 0 aliphatic rings. The molecule has 0 bridgehead atoms. The number of non-ortho nitro benzene ring substituents is 1. The quantitative estimate of drug-likeness (QED) is 0.331. The molecule has 11 heteroatoms. The number of hydrogen-bond donors (Lipinski definition) is 3. The van der Waals surface area contributed by atoms with Gasteiger partial charge in [-0.3, -0.25) is 35.3 Å². The van der Waals surface area contributed by atoms with Crippen LogP contribution in [0.3, 0.4) is 0 Å². The molecule has 4 rings (SSSR count). The zero-order valence-corrected chi connectivity index (χ0v) is 17.1. The number of carbonyl (C=O) groups is 2. The molecule has 2 aromatic carbocycles. The smallest absolute Gasteiger partial charge is 0.290 e. The summed E-state index contributed by atoms with van der Waals surface area (Å²) in [6.07, 6.45) is 1.39. The topological polar surface area (TPSA) is 152 Å². The number of nitrogens with zero attached hydrogens (tertiary/aromatic N) is 3. The van der Waals surface area contributed by atoms with E-state index in [4.69, 9.17) is 0 Å². The minimum Gasteiger partial charge on any atom is -0.360 e. The Morgan fingerprint density at radius 1 is 1.06 bits per heavy atom. The Kier molecular flexibility index (Phi) is 5.15. The Bertz CT molecular complexity index is 1450. The highest BCUT2D eigenvalue weighted by molar-refractivity contribution is 6.09. The summed E-state index contributed by atoms with van der Waals surface area (Å²) in [4.78, 5) is 51.4. The Labute approximate surface area is 180 Å². The average Bonchev–Trinajstić information content (AvgIpc) is 3.20. The van der Waals surface area contributed by atoms with Crippen LogP contribution in [0.1, 0.15) is 40.7 Å². The van der Waals surface area contributed by atoms with Gasteiger partial charge in [-0.2, -0.15) is 5.10 Å². The predicted molar refractivity (Wildman–Crippen MR) is 116 cm³/mol. The van der Waals surface area contributed by atoms with Crippen LogP contribution in [0.15, 0.2) is 53.5 Å². The molecule has 32 heavy (non-hydrogen) atoms. The predicted octanol–water partition coefficient (Wildman–Crippen LogP) is 2.44. The SMILES string of the molecule is CC(C)n1nc(C(=O)NNC(=O)c2c[nH]c3ccc([N+](=O)[O-])cc23)c2ccccc2c1=O. The fraction of sp³-hybridized carbons (Fsp3) is 0.143. The van der Waals surface area contributed by atoms with Crippen molar-refractivity contribution in [2.24, 2.45) is 0 Å². The zero-order chi connectivity index (χ0) is 23.0. The van der Waals surface area contributed by atoms with Crippen molar-refractivity contribution in [2.45, 2.75) is 19.9 Å². The minimum atomic E-state index is -0.713. The molecule has 4 aromatic rings. The molecule has 0 aliphatic carbocycles. The van der Waals surface area contributed by atoms with E-state index in [1.807, 2.05) is 0 Å². The molecule has 2 heterocycles. The van der Waals surface area contributed by atoms with E-state index in [2.05, 4.69) is 20.9 Å². The summed E-state index contributed by atoms with van der Waals surface area (Å²) < 4.78 is 1.21. The van der Waals surface area contributed by atoms with Crippen molar-refractivity contribution in [1.29, 1.82) is 0 Å². The molecule has 0 saturated heterocycles. The number of fused-ring (bicyclic) bond motifs is 2. The normalized spacial score (nSPS) is 11.1. The van der Waals surface area contributed by atoms with Gasteiger partial charge in [0.2, 0.25) is 0 Å². The molecule has 2 aromatic heterocycles. The van der Waals surface area contributed by atoms with Gasteiger partial charge in [-0.1, -0.05) is 18.2 Å². The lowest BCUT2D eigenvalue weighted by molar-refractivity contribution is -0.384. The molecular weight excluding hydrogens is 416 g/mol. The monoisotopic (exact) mass is 434 g/mol. The minimum absolute atomic E-state index is 0.0243. The number of carbonyl (C=O) groups excluding carboxylic acids is 2. The zero-order valence-electron chi connectivity index (χ0n) is 17.1. The molecule has 0 spiro atoms. The Balaban J connectivity index is 1.63. The summed E-state index contributed by atoms with van der Waals surface area (Å²) in [5, 5.41) is 16.2. The van der Waals surface area contributed by atoms with Gasteiger partial charge in [0.1, 0.15) is 0 Å². The van der Waals surface area contributed by atoms with E-state index in [0.717, 1.165) is 0 Å². The number of hydrogen-bond acceptors (Lipinski definition) is 6. The van der Waals surface area contributed by atoms with Gasteiger partial charge in [0.15, 0.2) is 5.69 Å². The van der Waals surface area contributed by atoms with E-state index in [0.29, 0.717) is 21.7 Å². The largest absolute Gasteiger partial charge is 0.360 e. The maximum atomic E-state index is 12.8. The molecule has 0 atom stereocenters. The van der Waals surface area contributed by atoms with Crippen LogP contribution in [0.2, 0.25) is 0 Å². The summed E-state index contributed by atoms with van der Waals surface area (Å²) >= 11 is 0. The summed E-state index contributed by atoms with van der Waals surface area (Å²) in [5.41, 5.74) is 4.74. The second-order valence-corrected chi connectivity index (χ2v) is 7.34. The molecular formula is C21H18N6O5. The first-order valence-corrected chi connectivity index (χ1v) is 9.65. The Hall–Kier alpha value is -4.54. The summed E-state index contributed by atoms with van der Waals surface area (Å²) in [6.45, 7) is 3.53. The van der Waals surface area contributed by atoms with Crippen LogP contribution in [0.4, 0.5) is 5.69 Å². The number of H-pyrrole nitrogens is 1. The van der Waals surface area contributed by atoms with Crippen LogP contribution in [0.5, 0.6) is 0 Å². The number of rotatable bonds is 4. The molecule has 3 N–H and O–H groups in total. The Morgan fingerprint density at radius 3 is 2.44 bits per heavy atom. The third-order valence-corrected chi connectivity index (χ3v) is 4.94. The Morgan fingerprint density at radius 2 is 1.75 bits per heavy atom. The molecule has 0 aliphatic heterocycles. The summed E-state index contributed by atoms with van der Waals surface area (Å²) in [6, 6.07) is 10.4. The van der Waals surface area contributed by atoms with E-state index in [1.165, 1.54) is 29.1 Å². The number of aromatic nitrogens is 3. The highest BCUT2D eigenvalue weighted by atomic mass is 16.6. The second-order valence-electron chi connectivity index (χ2n) is 7.34. The molecule has 0 radical (unpaired) electrons. The van der Waals surface area contributed by atoms with E-state index in [1.54, 1.807) is 38.1 Å². The van der Waals surface area contributed by atoms with Crippen LogP contribution >= 0.6 is 0 Å². The van der Waals surface area contributed by atoms with Gasteiger partial charge in [-0.15, -0.1) is 0 Å². The maximum Gasteiger partial charge on any atom is 0.290 e. The van der Waals surface area contributed by atoms with Crippen molar-refractivity contribution in [2.75, 3.05) is 0 Å². The van der Waals surface area contributed by atoms with Crippen LogP contribution in [-0.2, 0) is 0 Å². The number of nitro groups is 1. The van der Waals surface area contributed by atoms with Crippen LogP contribution in [0.25, 0.3) is 21.7 Å². The first-order chi connectivity index (χ1) is 15.3. The highest BCUT2D eigenvalue weighted by Crippen LogP contribution is 2.23. The van der Waals surface area contributed by atoms with E-state index in [9.17, 15) is 24.5 Å². The highest BCUT2D eigenvalue weighted by Gasteiger charge is 2.20. The van der Waals surface area contributed by atoms with Gasteiger partial charge in [0, 0.05) is 34.6 Å². The number of hydrazine groups is 1. The van der Waals surface area contributed by atoms with Crippen molar-refractivity contribution in [3.8, 4) is 0 Å². The lowest BCUT2D eigenvalue weighted by atomic mass is 10.1. The van der Waals surface area contributed by atoms with E-state index in [-0.39, 0.29) is 28.5 Å². The molecule has 0 fully saturated rings. The third kappa shape index (κ3) is 3.55. The maximum absolute atomic E-state index is 12.8. The van der Waals surface area contributed by atoms with Crippen LogP contribution in [0, 0.1) is 10.1 Å². The van der Waals surface area contributed by atoms with E-state index < -0.39 is 16.7 Å². The summed E-state index contributed by atoms with van der Waals surface area (Å²) in [5.74, 6) is -1.39. The van der Waals surface area contributed by atoms with Gasteiger partial charge >= 0.3 is 0 Å². The lowest BCUT2D eigenvalue weighted by Gasteiger charge is -2.13. The first-order valence-electron chi connectivity index (χ1n) is 9.65. The molecule has 11 nitrogen and oxygen atoms in total. The summed E-state index contributed by atoms with van der Waals surface area (Å²) in [7, 11) is 0. The number of benzene rings is 2. The van der Waals surface area contributed by atoms with Crippen molar-refractivity contribution < 1.29 is 14.5 Å². The molecule has 0 saturated carbocycles. The van der Waals surface area contributed by atoms with Gasteiger partial charge in [0.05, 0.1) is 21.9 Å². The fourth-order valence-electron chi connectivity index (χ4n) is 3.37. The number of aromatic amines is 1. The van der Waals surface area contributed by atoms with Crippen LogP contribution in [-0.4, -0.2) is 31.5 Å². The molecule has 0 unspecified atom stereocenters. The van der Waals surface area contributed by atoms with Gasteiger partial charge in [-0.25, -0.2) is 4.68 Å². The van der Waals surface area contributed by atoms with Crippen molar-refractivity contribution in [3.05, 3.63) is 80.4 Å². The van der Waals surface area contributed by atoms with Gasteiger partial charge < -0.3 is 4.98 Å². The van der Waals surface area contributed by atoms with Crippen molar-refractivity contribution >= 4 is 39.2 Å². The number of nitro benzene ring substituents is 1. The number of nitrogens with one attached hydrogen (secondary N) is 3. The van der Waals surface area contributed by atoms with E-state index >= 15 is 0 Å². The van der Waals surface area contributed by atoms with Crippen molar-refractivity contribution in [3.63, 3.8) is 0 Å². The fourth-order valence-corrected chi connectivity index (χ4v) is 3.37. The van der Waals surface area contributed by atoms with Gasteiger partial charge in [-0.05, 0) is 26.0 Å². The van der Waals surface area contributed by atoms with Gasteiger partial charge in [0.25, 0.3) is 23.1 Å². The van der Waals surface area contributed by atoms with Crippen LogP contribution < -0.4 is 16.4 Å². The van der Waals surface area contributed by atoms with Crippen molar-refractivity contribution in [1.82, 2.24) is 25.6 Å². The third-order valence-electron chi connectivity index (χ3n) is 4.94. The molecule has 2 amide bonds. The molecule has 162 valence electrons.